The molecule has 0 saturated heterocycles. The van der Waals surface area contributed by atoms with Gasteiger partial charge in [-0.25, -0.2) is 0 Å². The predicted octanol–water partition coefficient (Wildman–Crippen LogP) is 4.12. The predicted molar refractivity (Wildman–Crippen MR) is 81.7 cm³/mol. The van der Waals surface area contributed by atoms with Crippen molar-refractivity contribution in [3.63, 3.8) is 0 Å². The maximum atomic E-state index is 10.9. The van der Waals surface area contributed by atoms with Gasteiger partial charge in [0.05, 0.1) is 10.9 Å². The molecule has 0 fully saturated rings. The van der Waals surface area contributed by atoms with Gasteiger partial charge >= 0.3 is 0 Å². The van der Waals surface area contributed by atoms with Gasteiger partial charge in [0.2, 0.25) is 0 Å². The van der Waals surface area contributed by atoms with E-state index < -0.39 is 0 Å². The molecule has 0 aliphatic carbocycles. The van der Waals surface area contributed by atoms with Crippen LogP contribution in [0.1, 0.15) is 22.3 Å². The topological polar surface area (TPSA) is 26.3 Å². The van der Waals surface area contributed by atoms with E-state index in [0.717, 1.165) is 19.1 Å². The molecule has 2 rings (SSSR count). The molecular weight excluding hydrogens is 272 g/mol. The number of aldehydes is 1. The first-order chi connectivity index (χ1) is 9.79. The van der Waals surface area contributed by atoms with Crippen LogP contribution >= 0.6 is 11.6 Å². The van der Waals surface area contributed by atoms with Crippen LogP contribution in [0.5, 0.6) is 5.75 Å². The fraction of sp³-hybridized carbons (Fsp3) is 0.235. The molecule has 0 heterocycles. The quantitative estimate of drug-likeness (QED) is 0.566. The second-order valence-corrected chi connectivity index (χ2v) is 5.21. The maximum absolute atomic E-state index is 10.9. The standard InChI is InChI=1S/C17H17ClO2/c18-16(11-10-14-6-2-1-3-7-14)13-20-17-9-5-4-8-15(17)12-19/h1-9,12,16H,10-11,13H2. The maximum Gasteiger partial charge on any atom is 0.153 e. The number of carbonyl (C=O) groups is 1. The molecule has 0 bridgehead atoms. The lowest BCUT2D eigenvalue weighted by Crippen LogP contribution is -2.13. The van der Waals surface area contributed by atoms with Crippen molar-refractivity contribution in [2.75, 3.05) is 6.61 Å². The number of carbonyl (C=O) groups excluding carboxylic acids is 1. The highest BCUT2D eigenvalue weighted by molar-refractivity contribution is 6.20. The van der Waals surface area contributed by atoms with Gasteiger partial charge in [-0.1, -0.05) is 42.5 Å². The molecule has 20 heavy (non-hydrogen) atoms. The van der Waals surface area contributed by atoms with E-state index in [0.29, 0.717) is 17.9 Å². The highest BCUT2D eigenvalue weighted by Crippen LogP contribution is 2.17. The summed E-state index contributed by atoms with van der Waals surface area (Å²) in [4.78, 5) is 10.9. The summed E-state index contributed by atoms with van der Waals surface area (Å²) in [7, 11) is 0. The summed E-state index contributed by atoms with van der Waals surface area (Å²) < 4.78 is 5.62. The summed E-state index contributed by atoms with van der Waals surface area (Å²) in [5, 5.41) is -0.0742. The van der Waals surface area contributed by atoms with Gasteiger partial charge in [0, 0.05) is 0 Å². The Bertz CT molecular complexity index is 540. The van der Waals surface area contributed by atoms with Crippen LogP contribution in [-0.4, -0.2) is 18.3 Å². The average Bonchev–Trinajstić information content (AvgIpc) is 2.52. The molecule has 0 aromatic heterocycles. The van der Waals surface area contributed by atoms with Crippen LogP contribution in [0.15, 0.2) is 54.6 Å². The Morgan fingerprint density at radius 3 is 2.50 bits per heavy atom. The summed E-state index contributed by atoms with van der Waals surface area (Å²) >= 11 is 6.26. The van der Waals surface area contributed by atoms with Crippen molar-refractivity contribution in [1.29, 1.82) is 0 Å². The fourth-order valence-corrected chi connectivity index (χ4v) is 2.11. The monoisotopic (exact) mass is 288 g/mol. The molecule has 0 spiro atoms. The third kappa shape index (κ3) is 4.39. The highest BCUT2D eigenvalue weighted by atomic mass is 35.5. The Morgan fingerprint density at radius 1 is 1.05 bits per heavy atom. The van der Waals surface area contributed by atoms with E-state index in [1.807, 2.05) is 30.3 Å². The number of halogens is 1. The van der Waals surface area contributed by atoms with Gasteiger partial charge in [0.1, 0.15) is 12.4 Å². The van der Waals surface area contributed by atoms with Crippen molar-refractivity contribution >= 4 is 17.9 Å². The molecule has 3 heteroatoms. The van der Waals surface area contributed by atoms with E-state index in [1.54, 1.807) is 12.1 Å². The third-order valence-corrected chi connectivity index (χ3v) is 3.40. The first-order valence-corrected chi connectivity index (χ1v) is 7.08. The third-order valence-electron chi connectivity index (χ3n) is 3.05. The van der Waals surface area contributed by atoms with Crippen molar-refractivity contribution in [3.05, 3.63) is 65.7 Å². The minimum Gasteiger partial charge on any atom is -0.491 e. The van der Waals surface area contributed by atoms with E-state index in [4.69, 9.17) is 16.3 Å². The van der Waals surface area contributed by atoms with Gasteiger partial charge < -0.3 is 4.74 Å². The minimum absolute atomic E-state index is 0.0742. The molecule has 0 amide bonds. The van der Waals surface area contributed by atoms with Gasteiger partial charge in [-0.05, 0) is 30.5 Å². The molecule has 0 saturated carbocycles. The zero-order valence-electron chi connectivity index (χ0n) is 11.2. The summed E-state index contributed by atoms with van der Waals surface area (Å²) in [5.74, 6) is 0.591. The van der Waals surface area contributed by atoms with Crippen LogP contribution in [0.4, 0.5) is 0 Å². The summed E-state index contributed by atoms with van der Waals surface area (Å²) in [6, 6.07) is 17.4. The van der Waals surface area contributed by atoms with Crippen molar-refractivity contribution in [2.24, 2.45) is 0 Å². The summed E-state index contributed by atoms with van der Waals surface area (Å²) in [6.07, 6.45) is 2.56. The molecular formula is C17H17ClO2. The number of benzene rings is 2. The van der Waals surface area contributed by atoms with Crippen LogP contribution in [0, 0.1) is 0 Å². The van der Waals surface area contributed by atoms with Crippen LogP contribution in [-0.2, 0) is 6.42 Å². The van der Waals surface area contributed by atoms with E-state index in [9.17, 15) is 4.79 Å². The van der Waals surface area contributed by atoms with Crippen molar-refractivity contribution in [1.82, 2.24) is 0 Å². The molecule has 104 valence electrons. The van der Waals surface area contributed by atoms with Crippen LogP contribution in [0.3, 0.4) is 0 Å². The van der Waals surface area contributed by atoms with Gasteiger partial charge in [0.25, 0.3) is 0 Å². The fourth-order valence-electron chi connectivity index (χ4n) is 1.94. The number of ether oxygens (including phenoxy) is 1. The molecule has 0 aliphatic heterocycles. The molecule has 0 aliphatic rings. The lowest BCUT2D eigenvalue weighted by atomic mass is 10.1. The van der Waals surface area contributed by atoms with Gasteiger partial charge in [-0.15, -0.1) is 11.6 Å². The van der Waals surface area contributed by atoms with E-state index in [1.165, 1.54) is 5.56 Å². The normalized spacial score (nSPS) is 11.8. The van der Waals surface area contributed by atoms with Gasteiger partial charge in [-0.2, -0.15) is 0 Å². The number of para-hydroxylation sites is 1. The largest absolute Gasteiger partial charge is 0.491 e. The first kappa shape index (κ1) is 14.6. The number of hydrogen-bond acceptors (Lipinski definition) is 2. The number of hydrogen-bond donors (Lipinski definition) is 0. The van der Waals surface area contributed by atoms with Crippen molar-refractivity contribution < 1.29 is 9.53 Å². The number of rotatable bonds is 7. The Balaban J connectivity index is 1.80. The molecule has 0 N–H and O–H groups in total. The lowest BCUT2D eigenvalue weighted by molar-refractivity contribution is 0.111. The Morgan fingerprint density at radius 2 is 1.75 bits per heavy atom. The smallest absolute Gasteiger partial charge is 0.153 e. The van der Waals surface area contributed by atoms with E-state index in [-0.39, 0.29) is 5.38 Å². The van der Waals surface area contributed by atoms with Gasteiger partial charge in [0.15, 0.2) is 6.29 Å². The zero-order valence-corrected chi connectivity index (χ0v) is 11.9. The molecule has 2 nitrogen and oxygen atoms in total. The Labute approximate surface area is 124 Å². The van der Waals surface area contributed by atoms with Crippen molar-refractivity contribution in [2.45, 2.75) is 18.2 Å². The highest BCUT2D eigenvalue weighted by Gasteiger charge is 2.08. The van der Waals surface area contributed by atoms with Crippen LogP contribution < -0.4 is 4.74 Å². The minimum atomic E-state index is -0.0742. The second kappa shape index (κ2) is 7.71. The average molecular weight is 289 g/mol. The Kier molecular flexibility index (Phi) is 5.63. The molecule has 1 unspecified atom stereocenters. The molecule has 1 atom stereocenters. The van der Waals surface area contributed by atoms with Gasteiger partial charge in [-0.3, -0.25) is 4.79 Å². The number of alkyl halides is 1. The molecule has 2 aromatic carbocycles. The van der Waals surface area contributed by atoms with E-state index >= 15 is 0 Å². The first-order valence-electron chi connectivity index (χ1n) is 6.64. The van der Waals surface area contributed by atoms with Crippen molar-refractivity contribution in [3.8, 4) is 5.75 Å². The lowest BCUT2D eigenvalue weighted by Gasteiger charge is -2.12. The second-order valence-electron chi connectivity index (χ2n) is 4.59. The zero-order chi connectivity index (χ0) is 14.2. The summed E-state index contributed by atoms with van der Waals surface area (Å²) in [5.41, 5.74) is 1.82. The Hall–Kier alpha value is -1.80. The van der Waals surface area contributed by atoms with E-state index in [2.05, 4.69) is 12.1 Å². The SMILES string of the molecule is O=Cc1ccccc1OCC(Cl)CCc1ccccc1. The number of aryl methyl sites for hydroxylation is 1. The molecule has 0 radical (unpaired) electrons. The molecule has 2 aromatic rings. The van der Waals surface area contributed by atoms with Crippen LogP contribution in [0.2, 0.25) is 0 Å². The summed E-state index contributed by atoms with van der Waals surface area (Å²) in [6.45, 7) is 0.402. The van der Waals surface area contributed by atoms with Crippen LogP contribution in [0.25, 0.3) is 0 Å².